The van der Waals surface area contributed by atoms with Gasteiger partial charge in [-0.3, -0.25) is 4.79 Å². The van der Waals surface area contributed by atoms with Gasteiger partial charge < -0.3 is 19.3 Å². The molecule has 0 saturated carbocycles. The summed E-state index contributed by atoms with van der Waals surface area (Å²) in [5.41, 5.74) is 1.17. The molecular formula is C16H24N2O3. The van der Waals surface area contributed by atoms with Gasteiger partial charge in [0.1, 0.15) is 5.75 Å². The van der Waals surface area contributed by atoms with E-state index in [9.17, 15) is 4.79 Å². The number of aryl methyl sites for hydroxylation is 1. The second-order valence-electron chi connectivity index (χ2n) is 5.63. The summed E-state index contributed by atoms with van der Waals surface area (Å²) in [5, 5.41) is 0. The average molecular weight is 292 g/mol. The zero-order chi connectivity index (χ0) is 15.2. The summed E-state index contributed by atoms with van der Waals surface area (Å²) in [7, 11) is 3.86. The van der Waals surface area contributed by atoms with Crippen LogP contribution in [0.15, 0.2) is 24.3 Å². The highest BCUT2D eigenvalue weighted by Crippen LogP contribution is 2.11. The maximum absolute atomic E-state index is 12.1. The number of ether oxygens (including phenoxy) is 2. The Morgan fingerprint density at radius 3 is 2.81 bits per heavy atom. The van der Waals surface area contributed by atoms with E-state index < -0.39 is 0 Å². The van der Waals surface area contributed by atoms with E-state index in [-0.39, 0.29) is 18.6 Å². The molecule has 1 fully saturated rings. The zero-order valence-electron chi connectivity index (χ0n) is 13.0. The number of nitrogens with zero attached hydrogens (tertiary/aromatic N) is 2. The van der Waals surface area contributed by atoms with Gasteiger partial charge in [-0.1, -0.05) is 17.7 Å². The molecule has 0 bridgehead atoms. The highest BCUT2D eigenvalue weighted by molar-refractivity contribution is 5.77. The lowest BCUT2D eigenvalue weighted by atomic mass is 10.2. The first-order chi connectivity index (χ1) is 10.0. The smallest absolute Gasteiger partial charge is 0.260 e. The summed E-state index contributed by atoms with van der Waals surface area (Å²) in [5.74, 6) is 0.684. The van der Waals surface area contributed by atoms with Crippen molar-refractivity contribution < 1.29 is 14.3 Å². The fourth-order valence-electron chi connectivity index (χ4n) is 2.27. The number of likely N-dealkylation sites (N-methyl/N-ethyl adjacent to an activating group) is 2. The standard InChI is InChI=1S/C16H24N2O3/c1-13-4-6-14(7-5-13)21-12-16(19)18(3)11-15-10-17(2)8-9-20-15/h4-7,15H,8-12H2,1-3H3. The van der Waals surface area contributed by atoms with Crippen LogP contribution in [0.5, 0.6) is 5.75 Å². The number of amides is 1. The van der Waals surface area contributed by atoms with Crippen molar-refractivity contribution in [3.63, 3.8) is 0 Å². The molecule has 2 rings (SSSR count). The van der Waals surface area contributed by atoms with Crippen LogP contribution < -0.4 is 4.74 Å². The lowest BCUT2D eigenvalue weighted by Crippen LogP contribution is -2.47. The minimum atomic E-state index is -0.0348. The quantitative estimate of drug-likeness (QED) is 0.817. The van der Waals surface area contributed by atoms with E-state index in [1.54, 1.807) is 11.9 Å². The Bertz CT molecular complexity index is 461. The molecule has 0 aliphatic carbocycles. The number of hydrogen-bond acceptors (Lipinski definition) is 4. The lowest BCUT2D eigenvalue weighted by molar-refractivity contribution is -0.135. The fourth-order valence-corrected chi connectivity index (χ4v) is 2.27. The van der Waals surface area contributed by atoms with Gasteiger partial charge in [-0.15, -0.1) is 0 Å². The van der Waals surface area contributed by atoms with E-state index in [0.29, 0.717) is 6.54 Å². The normalized spacial score (nSPS) is 19.3. The van der Waals surface area contributed by atoms with Crippen molar-refractivity contribution >= 4 is 5.91 Å². The molecule has 1 unspecified atom stereocenters. The predicted molar refractivity (Wildman–Crippen MR) is 81.5 cm³/mol. The van der Waals surface area contributed by atoms with Gasteiger partial charge in [-0.05, 0) is 26.1 Å². The van der Waals surface area contributed by atoms with E-state index in [0.717, 1.165) is 25.4 Å². The first kappa shape index (κ1) is 15.8. The van der Waals surface area contributed by atoms with Crippen LogP contribution in [0.3, 0.4) is 0 Å². The topological polar surface area (TPSA) is 42.0 Å². The van der Waals surface area contributed by atoms with Crippen molar-refractivity contribution in [3.05, 3.63) is 29.8 Å². The van der Waals surface area contributed by atoms with Gasteiger partial charge in [-0.2, -0.15) is 0 Å². The Morgan fingerprint density at radius 1 is 1.43 bits per heavy atom. The van der Waals surface area contributed by atoms with Crippen LogP contribution in [-0.2, 0) is 9.53 Å². The van der Waals surface area contributed by atoms with Crippen LogP contribution >= 0.6 is 0 Å². The maximum Gasteiger partial charge on any atom is 0.260 e. The highest BCUT2D eigenvalue weighted by atomic mass is 16.5. The van der Waals surface area contributed by atoms with Gasteiger partial charge in [0.25, 0.3) is 5.91 Å². The molecule has 0 radical (unpaired) electrons. The number of carbonyl (C=O) groups excluding carboxylic acids is 1. The molecule has 1 saturated heterocycles. The van der Waals surface area contributed by atoms with E-state index in [4.69, 9.17) is 9.47 Å². The Labute approximate surface area is 126 Å². The third-order valence-corrected chi connectivity index (χ3v) is 3.63. The minimum Gasteiger partial charge on any atom is -0.484 e. The molecule has 1 amide bonds. The van der Waals surface area contributed by atoms with Gasteiger partial charge >= 0.3 is 0 Å². The Hall–Kier alpha value is -1.59. The fraction of sp³-hybridized carbons (Fsp3) is 0.562. The van der Waals surface area contributed by atoms with Crippen molar-refractivity contribution in [1.82, 2.24) is 9.80 Å². The molecule has 0 aromatic heterocycles. The highest BCUT2D eigenvalue weighted by Gasteiger charge is 2.21. The number of morpholine rings is 1. The number of carbonyl (C=O) groups is 1. The summed E-state index contributed by atoms with van der Waals surface area (Å²) in [6.45, 7) is 5.21. The van der Waals surface area contributed by atoms with Crippen molar-refractivity contribution in [2.75, 3.05) is 46.9 Å². The largest absolute Gasteiger partial charge is 0.484 e. The molecular weight excluding hydrogens is 268 g/mol. The SMILES string of the molecule is Cc1ccc(OCC(=O)N(C)CC2CN(C)CCO2)cc1. The maximum atomic E-state index is 12.1. The number of rotatable bonds is 5. The Kier molecular flexibility index (Phi) is 5.59. The molecule has 5 nitrogen and oxygen atoms in total. The van der Waals surface area contributed by atoms with E-state index in [2.05, 4.69) is 11.9 Å². The van der Waals surface area contributed by atoms with Crippen molar-refractivity contribution in [2.45, 2.75) is 13.0 Å². The van der Waals surface area contributed by atoms with Crippen LogP contribution in [0, 0.1) is 6.92 Å². The summed E-state index contributed by atoms with van der Waals surface area (Å²) < 4.78 is 11.2. The van der Waals surface area contributed by atoms with Crippen LogP contribution in [0.2, 0.25) is 0 Å². The summed E-state index contributed by atoms with van der Waals surface area (Å²) >= 11 is 0. The second kappa shape index (κ2) is 7.43. The van der Waals surface area contributed by atoms with E-state index in [1.807, 2.05) is 31.2 Å². The molecule has 1 atom stereocenters. The second-order valence-corrected chi connectivity index (χ2v) is 5.63. The van der Waals surface area contributed by atoms with E-state index >= 15 is 0 Å². The van der Waals surface area contributed by atoms with Gasteiger partial charge in [0.05, 0.1) is 12.7 Å². The van der Waals surface area contributed by atoms with Gasteiger partial charge in [-0.25, -0.2) is 0 Å². The average Bonchev–Trinajstić information content (AvgIpc) is 2.46. The van der Waals surface area contributed by atoms with Crippen molar-refractivity contribution in [3.8, 4) is 5.75 Å². The monoisotopic (exact) mass is 292 g/mol. The third kappa shape index (κ3) is 5.02. The van der Waals surface area contributed by atoms with Crippen molar-refractivity contribution in [2.24, 2.45) is 0 Å². The summed E-state index contributed by atoms with van der Waals surface area (Å²) in [6, 6.07) is 7.69. The first-order valence-corrected chi connectivity index (χ1v) is 7.28. The lowest BCUT2D eigenvalue weighted by Gasteiger charge is -2.32. The first-order valence-electron chi connectivity index (χ1n) is 7.28. The van der Waals surface area contributed by atoms with Crippen LogP contribution in [0.4, 0.5) is 0 Å². The van der Waals surface area contributed by atoms with Crippen LogP contribution in [0.1, 0.15) is 5.56 Å². The Morgan fingerprint density at radius 2 is 2.14 bits per heavy atom. The molecule has 1 aliphatic rings. The van der Waals surface area contributed by atoms with Crippen LogP contribution in [-0.4, -0.2) is 68.8 Å². The molecule has 1 aliphatic heterocycles. The Balaban J connectivity index is 1.75. The molecule has 21 heavy (non-hydrogen) atoms. The predicted octanol–water partition coefficient (Wildman–Crippen LogP) is 1.16. The van der Waals surface area contributed by atoms with Gasteiger partial charge in [0, 0.05) is 26.7 Å². The summed E-state index contributed by atoms with van der Waals surface area (Å²) in [6.07, 6.45) is 0.0806. The summed E-state index contributed by atoms with van der Waals surface area (Å²) in [4.78, 5) is 16.0. The molecule has 1 aromatic carbocycles. The zero-order valence-corrected chi connectivity index (χ0v) is 13.0. The van der Waals surface area contributed by atoms with Gasteiger partial charge in [0.2, 0.25) is 0 Å². The molecule has 0 N–H and O–H groups in total. The van der Waals surface area contributed by atoms with Gasteiger partial charge in [0.15, 0.2) is 6.61 Å². The van der Waals surface area contributed by atoms with Crippen LogP contribution in [0.25, 0.3) is 0 Å². The number of benzene rings is 1. The molecule has 1 aromatic rings. The minimum absolute atomic E-state index is 0.0348. The molecule has 116 valence electrons. The number of hydrogen-bond donors (Lipinski definition) is 0. The molecule has 5 heteroatoms. The molecule has 0 spiro atoms. The molecule has 1 heterocycles. The van der Waals surface area contributed by atoms with Crippen molar-refractivity contribution in [1.29, 1.82) is 0 Å². The van der Waals surface area contributed by atoms with E-state index in [1.165, 1.54) is 5.56 Å². The third-order valence-electron chi connectivity index (χ3n) is 3.63.